The summed E-state index contributed by atoms with van der Waals surface area (Å²) in [7, 11) is 0. The molecule has 0 amide bonds. The quantitative estimate of drug-likeness (QED) is 0.597. The van der Waals surface area contributed by atoms with E-state index in [-0.39, 0.29) is 11.6 Å². The fourth-order valence-electron chi connectivity index (χ4n) is 3.58. The molecule has 0 saturated carbocycles. The Hall–Kier alpha value is -3.66. The first-order valence-corrected chi connectivity index (χ1v) is 9.95. The summed E-state index contributed by atoms with van der Waals surface area (Å²) in [5.74, 6) is -0.417. The lowest BCUT2D eigenvalue weighted by Gasteiger charge is -2.23. The molecule has 7 heteroatoms. The monoisotopic (exact) mass is 403 g/mol. The number of carboxylic acid groups (broad SMARTS) is 1. The summed E-state index contributed by atoms with van der Waals surface area (Å²) in [6.07, 6.45) is 0. The maximum atomic E-state index is 11.6. The molecule has 0 spiro atoms. The predicted molar refractivity (Wildman–Crippen MR) is 118 cm³/mol. The van der Waals surface area contributed by atoms with Gasteiger partial charge in [-0.05, 0) is 51.5 Å². The van der Waals surface area contributed by atoms with Gasteiger partial charge in [0.1, 0.15) is 6.07 Å². The largest absolute Gasteiger partial charge is 0.478 e. The fraction of sp³-hybridized carbons (Fsp3) is 0.304. The van der Waals surface area contributed by atoms with Crippen LogP contribution in [-0.2, 0) is 0 Å². The number of para-hydroxylation sites is 1. The van der Waals surface area contributed by atoms with E-state index >= 15 is 0 Å². The van der Waals surface area contributed by atoms with Crippen LogP contribution in [0.15, 0.2) is 36.4 Å². The first-order valence-electron chi connectivity index (χ1n) is 9.95. The Labute approximate surface area is 176 Å². The van der Waals surface area contributed by atoms with Crippen molar-refractivity contribution in [2.45, 2.75) is 33.7 Å². The summed E-state index contributed by atoms with van der Waals surface area (Å²) >= 11 is 0. The van der Waals surface area contributed by atoms with E-state index in [9.17, 15) is 15.2 Å². The zero-order valence-electron chi connectivity index (χ0n) is 17.6. The van der Waals surface area contributed by atoms with Crippen LogP contribution < -0.4 is 10.2 Å². The second-order valence-electron chi connectivity index (χ2n) is 7.12. The molecule has 1 atom stereocenters. The van der Waals surface area contributed by atoms with Gasteiger partial charge in [-0.15, -0.1) is 0 Å². The van der Waals surface area contributed by atoms with E-state index in [2.05, 4.69) is 16.4 Å². The molecule has 0 fully saturated rings. The summed E-state index contributed by atoms with van der Waals surface area (Å²) in [6.45, 7) is 9.38. The van der Waals surface area contributed by atoms with Gasteiger partial charge in [0.2, 0.25) is 0 Å². The minimum absolute atomic E-state index is 0.211. The molecule has 0 bridgehead atoms. The van der Waals surface area contributed by atoms with Gasteiger partial charge in [-0.2, -0.15) is 5.26 Å². The van der Waals surface area contributed by atoms with E-state index in [1.165, 1.54) is 0 Å². The van der Waals surface area contributed by atoms with Gasteiger partial charge < -0.3 is 15.3 Å². The Balaban J connectivity index is 2.14. The number of aromatic carboxylic acids is 1. The van der Waals surface area contributed by atoms with Gasteiger partial charge in [-0.3, -0.25) is 0 Å². The van der Waals surface area contributed by atoms with Crippen molar-refractivity contribution in [3.8, 4) is 6.07 Å². The number of nitrogens with one attached hydrogen (secondary N) is 1. The van der Waals surface area contributed by atoms with Crippen LogP contribution >= 0.6 is 0 Å². The van der Waals surface area contributed by atoms with Crippen LogP contribution in [0.5, 0.6) is 0 Å². The van der Waals surface area contributed by atoms with Crippen molar-refractivity contribution in [2.75, 3.05) is 23.3 Å². The summed E-state index contributed by atoms with van der Waals surface area (Å²) in [6, 6.07) is 12.7. The number of aryl methyl sites for hydroxylation is 1. The molecular formula is C23H25N5O2. The first-order chi connectivity index (χ1) is 14.4. The smallest absolute Gasteiger partial charge is 0.337 e. The van der Waals surface area contributed by atoms with E-state index in [0.29, 0.717) is 41.3 Å². The minimum atomic E-state index is -0.985. The second kappa shape index (κ2) is 8.78. The molecule has 1 heterocycles. The molecule has 2 aromatic carbocycles. The topological polar surface area (TPSA) is 102 Å². The Bertz CT molecular complexity index is 1130. The van der Waals surface area contributed by atoms with Crippen molar-refractivity contribution in [3.63, 3.8) is 0 Å². The van der Waals surface area contributed by atoms with E-state index in [1.807, 2.05) is 44.7 Å². The van der Waals surface area contributed by atoms with Crippen LogP contribution in [0.1, 0.15) is 54.0 Å². The van der Waals surface area contributed by atoms with Gasteiger partial charge in [0.25, 0.3) is 0 Å². The number of benzene rings is 2. The molecule has 3 aromatic rings. The second-order valence-corrected chi connectivity index (χ2v) is 7.12. The van der Waals surface area contributed by atoms with Crippen molar-refractivity contribution < 1.29 is 9.90 Å². The lowest BCUT2D eigenvalue weighted by atomic mass is 10.0. The summed E-state index contributed by atoms with van der Waals surface area (Å²) in [5, 5.41) is 22.4. The van der Waals surface area contributed by atoms with Gasteiger partial charge in [0, 0.05) is 24.3 Å². The first kappa shape index (κ1) is 21.1. The van der Waals surface area contributed by atoms with E-state index in [1.54, 1.807) is 24.3 Å². The number of hydrogen-bond acceptors (Lipinski definition) is 6. The Morgan fingerprint density at radius 3 is 2.57 bits per heavy atom. The molecule has 1 aromatic heterocycles. The van der Waals surface area contributed by atoms with Gasteiger partial charge in [-0.25, -0.2) is 14.8 Å². The molecule has 154 valence electrons. The number of nitriles is 1. The number of aromatic nitrogens is 2. The highest BCUT2D eigenvalue weighted by Gasteiger charge is 2.19. The highest BCUT2D eigenvalue weighted by atomic mass is 16.4. The number of fused-ring (bicyclic) bond motifs is 1. The van der Waals surface area contributed by atoms with Gasteiger partial charge in [0.15, 0.2) is 11.5 Å². The number of rotatable bonds is 7. The third kappa shape index (κ3) is 4.03. The predicted octanol–water partition coefficient (Wildman–Crippen LogP) is 4.53. The maximum Gasteiger partial charge on any atom is 0.337 e. The number of nitrogens with zero attached hydrogens (tertiary/aromatic N) is 4. The SMILES string of the molecule is CCN(CC)c1nc2c([C@@H](C)Nc3ccccc3C(=O)O)cc(C)cc2nc1C#N. The molecule has 30 heavy (non-hydrogen) atoms. The van der Waals surface area contributed by atoms with Crippen LogP contribution in [0.4, 0.5) is 11.5 Å². The Kier molecular flexibility index (Phi) is 6.17. The zero-order valence-corrected chi connectivity index (χ0v) is 17.6. The highest BCUT2D eigenvalue weighted by Crippen LogP contribution is 2.30. The zero-order chi connectivity index (χ0) is 21.8. The number of hydrogen-bond donors (Lipinski definition) is 2. The van der Waals surface area contributed by atoms with Crippen LogP contribution in [0.2, 0.25) is 0 Å². The minimum Gasteiger partial charge on any atom is -0.478 e. The standard InChI is InChI=1S/C23H25N5O2/c1-5-28(6-2)22-20(13-24)26-19-12-14(3)11-17(21(19)27-22)15(4)25-18-10-8-7-9-16(18)23(29)30/h7-12,15,25H,5-6H2,1-4H3,(H,29,30)/t15-/m1/s1. The summed E-state index contributed by atoms with van der Waals surface area (Å²) in [4.78, 5) is 23.0. The third-order valence-corrected chi connectivity index (χ3v) is 5.09. The third-order valence-electron chi connectivity index (χ3n) is 5.09. The lowest BCUT2D eigenvalue weighted by molar-refractivity contribution is 0.0698. The van der Waals surface area contributed by atoms with Crippen molar-refractivity contribution >= 4 is 28.5 Å². The molecule has 0 aliphatic rings. The Morgan fingerprint density at radius 2 is 1.93 bits per heavy atom. The number of anilines is 2. The van der Waals surface area contributed by atoms with E-state index < -0.39 is 5.97 Å². The Morgan fingerprint density at radius 1 is 1.23 bits per heavy atom. The van der Waals surface area contributed by atoms with Crippen LogP contribution in [0, 0.1) is 18.3 Å². The van der Waals surface area contributed by atoms with E-state index in [0.717, 1.165) is 11.1 Å². The van der Waals surface area contributed by atoms with Gasteiger partial charge in [-0.1, -0.05) is 18.2 Å². The lowest BCUT2D eigenvalue weighted by Crippen LogP contribution is -2.24. The van der Waals surface area contributed by atoms with Gasteiger partial charge in [0.05, 0.1) is 22.6 Å². The normalized spacial score (nSPS) is 11.7. The van der Waals surface area contributed by atoms with Crippen LogP contribution in [0.3, 0.4) is 0 Å². The molecule has 2 N–H and O–H groups in total. The van der Waals surface area contributed by atoms with Crippen molar-refractivity contribution in [2.24, 2.45) is 0 Å². The van der Waals surface area contributed by atoms with E-state index in [4.69, 9.17) is 4.98 Å². The molecule has 0 radical (unpaired) electrons. The molecule has 0 aliphatic carbocycles. The summed E-state index contributed by atoms with van der Waals surface area (Å²) < 4.78 is 0. The number of carboxylic acids is 1. The molecule has 7 nitrogen and oxygen atoms in total. The summed E-state index contributed by atoms with van der Waals surface area (Å²) in [5.41, 5.74) is 4.30. The molecule has 0 aliphatic heterocycles. The van der Waals surface area contributed by atoms with Crippen molar-refractivity contribution in [3.05, 3.63) is 58.8 Å². The molecular weight excluding hydrogens is 378 g/mol. The maximum absolute atomic E-state index is 11.6. The molecule has 0 saturated heterocycles. The van der Waals surface area contributed by atoms with Crippen molar-refractivity contribution in [1.29, 1.82) is 5.26 Å². The molecule has 0 unspecified atom stereocenters. The fourth-order valence-corrected chi connectivity index (χ4v) is 3.58. The van der Waals surface area contributed by atoms with Crippen LogP contribution in [-0.4, -0.2) is 34.1 Å². The average molecular weight is 403 g/mol. The van der Waals surface area contributed by atoms with Gasteiger partial charge >= 0.3 is 5.97 Å². The van der Waals surface area contributed by atoms with Crippen LogP contribution in [0.25, 0.3) is 11.0 Å². The van der Waals surface area contributed by atoms with Crippen molar-refractivity contribution in [1.82, 2.24) is 9.97 Å². The average Bonchev–Trinajstić information content (AvgIpc) is 2.73. The number of carbonyl (C=O) groups is 1. The molecule has 3 rings (SSSR count). The highest BCUT2D eigenvalue weighted by molar-refractivity contribution is 5.94.